The smallest absolute Gasteiger partial charge is 0.273 e. The fraction of sp³-hybridized carbons (Fsp3) is 0.389. The molecule has 2 aliphatic heterocycles. The van der Waals surface area contributed by atoms with Crippen molar-refractivity contribution < 1.29 is 4.92 Å². The van der Waals surface area contributed by atoms with E-state index in [9.17, 15) is 14.9 Å². The Morgan fingerprint density at radius 1 is 1.08 bits per heavy atom. The maximum Gasteiger partial charge on any atom is 0.273 e. The monoisotopic (exact) mass is 325 g/mol. The molecule has 1 fully saturated rings. The van der Waals surface area contributed by atoms with E-state index in [0.29, 0.717) is 18.4 Å². The van der Waals surface area contributed by atoms with Gasteiger partial charge in [-0.2, -0.15) is 0 Å². The van der Waals surface area contributed by atoms with Gasteiger partial charge in [-0.15, -0.1) is 0 Å². The van der Waals surface area contributed by atoms with Crippen LogP contribution in [0.5, 0.6) is 0 Å². The largest absolute Gasteiger partial charge is 0.312 e. The van der Waals surface area contributed by atoms with Crippen LogP contribution in [0.1, 0.15) is 23.6 Å². The molecule has 0 radical (unpaired) electrons. The van der Waals surface area contributed by atoms with Crippen molar-refractivity contribution in [2.24, 2.45) is 5.92 Å². The number of hydrogen-bond acceptors (Lipinski definition) is 4. The minimum absolute atomic E-state index is 0.0781. The summed E-state index contributed by atoms with van der Waals surface area (Å²) in [6, 6.07) is 12.4. The third kappa shape index (κ3) is 2.63. The second-order valence-corrected chi connectivity index (χ2v) is 6.78. The number of rotatable bonds is 3. The van der Waals surface area contributed by atoms with E-state index in [1.165, 1.54) is 0 Å². The lowest BCUT2D eigenvalue weighted by Gasteiger charge is -2.42. The molecule has 0 spiro atoms. The van der Waals surface area contributed by atoms with Crippen molar-refractivity contribution in [2.45, 2.75) is 25.4 Å². The van der Waals surface area contributed by atoms with Crippen LogP contribution in [0, 0.1) is 16.0 Å². The van der Waals surface area contributed by atoms with Crippen LogP contribution in [0.25, 0.3) is 0 Å². The molecule has 1 aromatic carbocycles. The summed E-state index contributed by atoms with van der Waals surface area (Å²) in [6.07, 6.45) is 1.09. The molecule has 0 N–H and O–H groups in total. The zero-order valence-electron chi connectivity index (χ0n) is 13.3. The van der Waals surface area contributed by atoms with Crippen LogP contribution in [0.15, 0.2) is 47.3 Å². The molecule has 2 aromatic rings. The summed E-state index contributed by atoms with van der Waals surface area (Å²) >= 11 is 0. The van der Waals surface area contributed by atoms with Gasteiger partial charge in [-0.05, 0) is 18.4 Å². The number of nitrogens with zero attached hydrogens (tertiary/aromatic N) is 3. The Labute approximate surface area is 139 Å². The van der Waals surface area contributed by atoms with Crippen molar-refractivity contribution in [1.82, 2.24) is 9.47 Å². The first-order valence-corrected chi connectivity index (χ1v) is 8.26. The van der Waals surface area contributed by atoms with Crippen LogP contribution in [-0.2, 0) is 13.1 Å². The Kier molecular flexibility index (Phi) is 3.69. The molecular weight excluding hydrogens is 306 g/mol. The van der Waals surface area contributed by atoms with Gasteiger partial charge in [0.25, 0.3) is 11.2 Å². The first kappa shape index (κ1) is 15.1. The number of benzene rings is 1. The van der Waals surface area contributed by atoms with Gasteiger partial charge in [0.15, 0.2) is 0 Å². The number of hydrogen-bond donors (Lipinski definition) is 0. The first-order valence-electron chi connectivity index (χ1n) is 8.26. The van der Waals surface area contributed by atoms with E-state index in [1.54, 1.807) is 18.2 Å². The summed E-state index contributed by atoms with van der Waals surface area (Å²) in [7, 11) is 0. The van der Waals surface area contributed by atoms with Gasteiger partial charge in [-0.3, -0.25) is 19.8 Å². The summed E-state index contributed by atoms with van der Waals surface area (Å²) in [5.41, 5.74) is 2.12. The summed E-state index contributed by atoms with van der Waals surface area (Å²) in [4.78, 5) is 25.3. The third-order valence-electron chi connectivity index (χ3n) is 5.14. The molecule has 6 nitrogen and oxygen atoms in total. The van der Waals surface area contributed by atoms with E-state index in [0.717, 1.165) is 37.3 Å². The van der Waals surface area contributed by atoms with Crippen LogP contribution in [0.4, 0.5) is 5.69 Å². The van der Waals surface area contributed by atoms with Crippen LogP contribution in [0.3, 0.4) is 0 Å². The van der Waals surface area contributed by atoms with Crippen molar-refractivity contribution in [2.75, 3.05) is 13.1 Å². The molecule has 2 bridgehead atoms. The molecule has 6 heteroatoms. The molecule has 2 aliphatic rings. The molecule has 0 aliphatic carbocycles. The van der Waals surface area contributed by atoms with E-state index in [2.05, 4.69) is 4.90 Å². The predicted molar refractivity (Wildman–Crippen MR) is 89.9 cm³/mol. The molecule has 1 aromatic heterocycles. The highest BCUT2D eigenvalue weighted by Gasteiger charge is 2.34. The number of nitro benzene ring substituents is 1. The first-order chi connectivity index (χ1) is 11.6. The molecule has 124 valence electrons. The summed E-state index contributed by atoms with van der Waals surface area (Å²) in [6.45, 7) is 3.05. The van der Waals surface area contributed by atoms with Crippen LogP contribution in [-0.4, -0.2) is 27.5 Å². The number of likely N-dealkylation sites (tertiary alicyclic amines) is 1. The Hall–Kier alpha value is -2.47. The molecule has 0 saturated carbocycles. The molecule has 2 atom stereocenters. The molecule has 24 heavy (non-hydrogen) atoms. The fourth-order valence-corrected chi connectivity index (χ4v) is 4.19. The van der Waals surface area contributed by atoms with E-state index in [1.807, 2.05) is 28.8 Å². The zero-order valence-corrected chi connectivity index (χ0v) is 13.3. The second-order valence-electron chi connectivity index (χ2n) is 6.78. The topological polar surface area (TPSA) is 68.4 Å². The van der Waals surface area contributed by atoms with Gasteiger partial charge < -0.3 is 4.57 Å². The quantitative estimate of drug-likeness (QED) is 0.642. The number of aromatic nitrogens is 1. The third-order valence-corrected chi connectivity index (χ3v) is 5.14. The molecular formula is C18H19N3O3. The molecule has 1 saturated heterocycles. The summed E-state index contributed by atoms with van der Waals surface area (Å²) in [5, 5.41) is 11.2. The highest BCUT2D eigenvalue weighted by Crippen LogP contribution is 2.36. The maximum atomic E-state index is 12.1. The molecule has 0 amide bonds. The highest BCUT2D eigenvalue weighted by atomic mass is 16.6. The van der Waals surface area contributed by atoms with Crippen molar-refractivity contribution in [1.29, 1.82) is 0 Å². The summed E-state index contributed by atoms with van der Waals surface area (Å²) < 4.78 is 1.90. The van der Waals surface area contributed by atoms with E-state index in [4.69, 9.17) is 0 Å². The van der Waals surface area contributed by atoms with Crippen molar-refractivity contribution in [3.63, 3.8) is 0 Å². The summed E-state index contributed by atoms with van der Waals surface area (Å²) in [5.74, 6) is 0.758. The molecule has 3 heterocycles. The number of piperidine rings is 1. The normalized spacial score (nSPS) is 22.8. The second kappa shape index (κ2) is 5.87. The Morgan fingerprint density at radius 3 is 2.75 bits per heavy atom. The van der Waals surface area contributed by atoms with E-state index >= 15 is 0 Å². The Morgan fingerprint density at radius 2 is 1.92 bits per heavy atom. The minimum atomic E-state index is -0.311. The minimum Gasteiger partial charge on any atom is -0.312 e. The van der Waals surface area contributed by atoms with E-state index in [-0.39, 0.29) is 16.2 Å². The van der Waals surface area contributed by atoms with Crippen molar-refractivity contribution >= 4 is 5.69 Å². The van der Waals surface area contributed by atoms with Gasteiger partial charge in [0.2, 0.25) is 0 Å². The van der Waals surface area contributed by atoms with Crippen LogP contribution < -0.4 is 5.56 Å². The van der Waals surface area contributed by atoms with Gasteiger partial charge in [0, 0.05) is 55.5 Å². The number of pyridine rings is 1. The Balaban J connectivity index is 1.59. The predicted octanol–water partition coefficient (Wildman–Crippen LogP) is 2.38. The highest BCUT2D eigenvalue weighted by molar-refractivity contribution is 5.39. The van der Waals surface area contributed by atoms with Gasteiger partial charge >= 0.3 is 0 Å². The fourth-order valence-electron chi connectivity index (χ4n) is 4.19. The van der Waals surface area contributed by atoms with Crippen LogP contribution in [0.2, 0.25) is 0 Å². The average Bonchev–Trinajstić information content (AvgIpc) is 2.56. The van der Waals surface area contributed by atoms with Crippen molar-refractivity contribution in [3.8, 4) is 0 Å². The number of para-hydroxylation sites is 1. The van der Waals surface area contributed by atoms with Gasteiger partial charge in [0.1, 0.15) is 0 Å². The zero-order chi connectivity index (χ0) is 16.7. The average molecular weight is 325 g/mol. The van der Waals surface area contributed by atoms with Crippen molar-refractivity contribution in [3.05, 3.63) is 74.2 Å². The van der Waals surface area contributed by atoms with Gasteiger partial charge in [-0.25, -0.2) is 0 Å². The molecule has 4 rings (SSSR count). The standard InChI is InChI=1S/C18H19N3O3/c22-18-7-3-6-16-15-8-13(10-20(16)18)9-19(12-15)11-14-4-1-2-5-17(14)21(23)24/h1-7,13,15H,8-12H2. The SMILES string of the molecule is O=c1cccc2n1CC1CC2CN(Cc2ccccc2[N+](=O)[O-])C1. The lowest BCUT2D eigenvalue weighted by atomic mass is 9.83. The van der Waals surface area contributed by atoms with Crippen LogP contribution >= 0.6 is 0 Å². The maximum absolute atomic E-state index is 12.1. The number of nitro groups is 1. The lowest BCUT2D eigenvalue weighted by Crippen LogP contribution is -2.46. The van der Waals surface area contributed by atoms with E-state index < -0.39 is 0 Å². The van der Waals surface area contributed by atoms with Gasteiger partial charge in [0.05, 0.1) is 4.92 Å². The molecule has 2 unspecified atom stereocenters. The van der Waals surface area contributed by atoms with Gasteiger partial charge in [-0.1, -0.05) is 24.3 Å². The number of fused-ring (bicyclic) bond motifs is 4. The Bertz CT molecular complexity index is 845. The lowest BCUT2D eigenvalue weighted by molar-refractivity contribution is -0.385.